The number of benzene rings is 1. The van der Waals surface area contributed by atoms with Crippen molar-refractivity contribution in [2.75, 3.05) is 31.5 Å². The topological polar surface area (TPSA) is 87.5 Å². The molecule has 0 aliphatic carbocycles. The van der Waals surface area contributed by atoms with Crippen LogP contribution in [0.4, 0.5) is 5.69 Å². The minimum absolute atomic E-state index is 0.156. The molecule has 2 aliphatic rings. The minimum Gasteiger partial charge on any atom is -0.342 e. The number of imidazole rings is 1. The van der Waals surface area contributed by atoms with Gasteiger partial charge in [-0.05, 0) is 37.8 Å². The fraction of sp³-hybridized carbons (Fsp3) is 0.429. The molecular weight excluding hydrogens is 370 g/mol. The van der Waals surface area contributed by atoms with Crippen LogP contribution in [-0.2, 0) is 17.8 Å². The van der Waals surface area contributed by atoms with Gasteiger partial charge in [0, 0.05) is 38.4 Å². The van der Waals surface area contributed by atoms with Gasteiger partial charge < -0.3 is 19.7 Å². The second kappa shape index (κ2) is 8.06. The number of rotatable bonds is 4. The minimum atomic E-state index is -0.299. The summed E-state index contributed by atoms with van der Waals surface area (Å²) in [5.74, 6) is -0.166. The number of piperazine rings is 1. The van der Waals surface area contributed by atoms with E-state index >= 15 is 0 Å². The molecule has 2 aromatic rings. The Morgan fingerprint density at radius 3 is 2.55 bits per heavy atom. The number of nitrogens with zero attached hydrogens (tertiary/aromatic N) is 4. The second-order valence-electron chi connectivity index (χ2n) is 7.54. The number of para-hydroxylation sites is 1. The Morgan fingerprint density at radius 2 is 1.83 bits per heavy atom. The molecule has 0 saturated carbocycles. The Bertz CT molecular complexity index is 944. The van der Waals surface area contributed by atoms with Crippen molar-refractivity contribution in [1.29, 1.82) is 0 Å². The number of hydrogen-bond acceptors (Lipinski definition) is 4. The highest BCUT2D eigenvalue weighted by molar-refractivity contribution is 6.04. The lowest BCUT2D eigenvalue weighted by Crippen LogP contribution is -2.48. The lowest BCUT2D eigenvalue weighted by molar-refractivity contribution is -0.119. The Kier molecular flexibility index (Phi) is 5.33. The fourth-order valence-corrected chi connectivity index (χ4v) is 3.96. The molecule has 0 atom stereocenters. The third-order valence-corrected chi connectivity index (χ3v) is 5.67. The van der Waals surface area contributed by atoms with E-state index in [1.807, 2.05) is 35.8 Å². The Morgan fingerprint density at radius 1 is 1.07 bits per heavy atom. The second-order valence-corrected chi connectivity index (χ2v) is 7.54. The van der Waals surface area contributed by atoms with Gasteiger partial charge in [0.25, 0.3) is 11.8 Å². The molecule has 0 spiro atoms. The monoisotopic (exact) mass is 395 g/mol. The largest absolute Gasteiger partial charge is 0.342 e. The highest BCUT2D eigenvalue weighted by atomic mass is 16.2. The first-order valence-corrected chi connectivity index (χ1v) is 10.0. The molecule has 1 fully saturated rings. The van der Waals surface area contributed by atoms with Gasteiger partial charge >= 0.3 is 0 Å². The summed E-state index contributed by atoms with van der Waals surface area (Å²) >= 11 is 0. The zero-order valence-electron chi connectivity index (χ0n) is 16.6. The quantitative estimate of drug-likeness (QED) is 0.798. The number of hydrogen-bond donors (Lipinski definition) is 1. The highest BCUT2D eigenvalue weighted by Gasteiger charge is 2.31. The van der Waals surface area contributed by atoms with Gasteiger partial charge in [-0.25, -0.2) is 4.98 Å². The van der Waals surface area contributed by atoms with Crippen LogP contribution in [0.25, 0.3) is 0 Å². The van der Waals surface area contributed by atoms with E-state index in [2.05, 4.69) is 10.3 Å². The first kappa shape index (κ1) is 19.2. The lowest BCUT2D eigenvalue weighted by atomic mass is 10.1. The zero-order valence-corrected chi connectivity index (χ0v) is 16.6. The molecule has 4 rings (SSSR count). The van der Waals surface area contributed by atoms with Crippen molar-refractivity contribution in [2.24, 2.45) is 0 Å². The first-order valence-electron chi connectivity index (χ1n) is 10.0. The molecule has 1 aromatic carbocycles. The smallest absolute Gasteiger partial charge is 0.291 e. The molecule has 3 amide bonds. The van der Waals surface area contributed by atoms with Gasteiger partial charge in [-0.3, -0.25) is 14.4 Å². The molecule has 8 nitrogen and oxygen atoms in total. The summed E-state index contributed by atoms with van der Waals surface area (Å²) in [4.78, 5) is 44.9. The summed E-state index contributed by atoms with van der Waals surface area (Å²) < 4.78 is 1.89. The molecule has 2 aliphatic heterocycles. The van der Waals surface area contributed by atoms with E-state index in [0.29, 0.717) is 38.4 Å². The molecule has 152 valence electrons. The van der Waals surface area contributed by atoms with E-state index in [-0.39, 0.29) is 17.6 Å². The van der Waals surface area contributed by atoms with Crippen molar-refractivity contribution in [3.05, 3.63) is 47.0 Å². The van der Waals surface area contributed by atoms with Crippen LogP contribution < -0.4 is 5.32 Å². The maximum absolute atomic E-state index is 13.1. The Labute approximate surface area is 169 Å². The average molecular weight is 395 g/mol. The molecule has 1 N–H and O–H groups in total. The molecule has 3 heterocycles. The maximum Gasteiger partial charge on any atom is 0.291 e. The normalized spacial score (nSPS) is 16.3. The SMILES string of the molecule is Cc1ccccc1NC(=O)c1nc(C(=O)N2CCN(C=O)CC2)c2n1CCCC2. The summed E-state index contributed by atoms with van der Waals surface area (Å²) in [5.41, 5.74) is 2.92. The first-order chi connectivity index (χ1) is 14.1. The molecular formula is C21H25N5O3. The number of anilines is 1. The van der Waals surface area contributed by atoms with Gasteiger partial charge in [0.1, 0.15) is 5.69 Å². The zero-order chi connectivity index (χ0) is 20.4. The molecule has 0 radical (unpaired) electrons. The molecule has 1 saturated heterocycles. The van der Waals surface area contributed by atoms with E-state index < -0.39 is 0 Å². The third-order valence-electron chi connectivity index (χ3n) is 5.67. The highest BCUT2D eigenvalue weighted by Crippen LogP contribution is 2.24. The van der Waals surface area contributed by atoms with Crippen LogP contribution in [0.5, 0.6) is 0 Å². The summed E-state index contributed by atoms with van der Waals surface area (Å²) in [6.45, 7) is 4.62. The van der Waals surface area contributed by atoms with Crippen LogP contribution in [0.3, 0.4) is 0 Å². The van der Waals surface area contributed by atoms with Crippen molar-refractivity contribution < 1.29 is 14.4 Å². The van der Waals surface area contributed by atoms with Gasteiger partial charge in [-0.15, -0.1) is 0 Å². The van der Waals surface area contributed by atoms with Crippen LogP contribution in [0.15, 0.2) is 24.3 Å². The average Bonchev–Trinajstić information content (AvgIpc) is 3.15. The summed E-state index contributed by atoms with van der Waals surface area (Å²) in [6, 6.07) is 7.58. The van der Waals surface area contributed by atoms with Crippen molar-refractivity contribution in [3.63, 3.8) is 0 Å². The van der Waals surface area contributed by atoms with Crippen LogP contribution in [0.1, 0.15) is 45.2 Å². The van der Waals surface area contributed by atoms with Crippen molar-refractivity contribution in [1.82, 2.24) is 19.4 Å². The van der Waals surface area contributed by atoms with E-state index in [1.165, 1.54) is 0 Å². The van der Waals surface area contributed by atoms with Crippen LogP contribution in [0.2, 0.25) is 0 Å². The van der Waals surface area contributed by atoms with E-state index in [4.69, 9.17) is 0 Å². The number of aromatic nitrogens is 2. The predicted molar refractivity (Wildman–Crippen MR) is 108 cm³/mol. The predicted octanol–water partition coefficient (Wildman–Crippen LogP) is 1.69. The molecule has 0 bridgehead atoms. The van der Waals surface area contributed by atoms with Gasteiger partial charge in [0.05, 0.1) is 5.69 Å². The Hall–Kier alpha value is -3.16. The number of carbonyl (C=O) groups is 3. The molecule has 1 aromatic heterocycles. The van der Waals surface area contributed by atoms with Gasteiger partial charge in [-0.2, -0.15) is 0 Å². The Balaban J connectivity index is 1.60. The van der Waals surface area contributed by atoms with Crippen LogP contribution in [-0.4, -0.2) is 63.8 Å². The summed E-state index contributed by atoms with van der Waals surface area (Å²) in [6.07, 6.45) is 3.48. The summed E-state index contributed by atoms with van der Waals surface area (Å²) in [5, 5.41) is 2.93. The fourth-order valence-electron chi connectivity index (χ4n) is 3.96. The standard InChI is InChI=1S/C21H25N5O3/c1-15-6-2-3-7-16(15)22-20(28)19-23-18(17-8-4-5-9-26(17)19)21(29)25-12-10-24(14-27)11-13-25/h2-3,6-7,14H,4-5,8-13H2,1H3,(H,22,28). The van der Waals surface area contributed by atoms with Crippen molar-refractivity contribution >= 4 is 23.9 Å². The third kappa shape index (κ3) is 3.74. The van der Waals surface area contributed by atoms with Crippen molar-refractivity contribution in [2.45, 2.75) is 32.7 Å². The maximum atomic E-state index is 13.1. The number of carbonyl (C=O) groups excluding carboxylic acids is 3. The molecule has 0 unspecified atom stereocenters. The molecule has 8 heteroatoms. The number of fused-ring (bicyclic) bond motifs is 1. The van der Waals surface area contributed by atoms with E-state index in [9.17, 15) is 14.4 Å². The number of aryl methyl sites for hydroxylation is 1. The van der Waals surface area contributed by atoms with Crippen LogP contribution in [0, 0.1) is 6.92 Å². The van der Waals surface area contributed by atoms with Gasteiger partial charge in [0.2, 0.25) is 6.41 Å². The van der Waals surface area contributed by atoms with Gasteiger partial charge in [0.15, 0.2) is 5.82 Å². The van der Waals surface area contributed by atoms with Gasteiger partial charge in [-0.1, -0.05) is 18.2 Å². The van der Waals surface area contributed by atoms with E-state index in [1.54, 1.807) is 9.80 Å². The van der Waals surface area contributed by atoms with Crippen LogP contribution >= 0.6 is 0 Å². The lowest BCUT2D eigenvalue weighted by Gasteiger charge is -2.32. The number of amides is 3. The summed E-state index contributed by atoms with van der Waals surface area (Å²) in [7, 11) is 0. The van der Waals surface area contributed by atoms with Crippen molar-refractivity contribution in [3.8, 4) is 0 Å². The molecule has 29 heavy (non-hydrogen) atoms. The number of nitrogens with one attached hydrogen (secondary N) is 1. The van der Waals surface area contributed by atoms with E-state index in [0.717, 1.165) is 42.6 Å².